The fraction of sp³-hybridized carbons (Fsp3) is 1.00. The molecular formula is C9H20N2O2S. The first-order valence-electron chi connectivity index (χ1n) is 5.28. The minimum absolute atomic E-state index is 0.0697. The first kappa shape index (κ1) is 11.9. The molecule has 4 nitrogen and oxygen atoms in total. The van der Waals surface area contributed by atoms with Crippen LogP contribution in [0.3, 0.4) is 0 Å². The van der Waals surface area contributed by atoms with Crippen LogP contribution >= 0.6 is 0 Å². The second-order valence-electron chi connectivity index (χ2n) is 3.93. The molecule has 2 N–H and O–H groups in total. The molecule has 1 aliphatic rings. The third kappa shape index (κ3) is 3.55. The number of sulfonamides is 1. The third-order valence-corrected chi connectivity index (χ3v) is 4.17. The van der Waals surface area contributed by atoms with Gasteiger partial charge in [0.2, 0.25) is 10.0 Å². The van der Waals surface area contributed by atoms with E-state index in [0.29, 0.717) is 6.42 Å². The molecule has 1 rings (SSSR count). The lowest BCUT2D eigenvalue weighted by Crippen LogP contribution is -2.52. The molecule has 0 aromatic heterocycles. The fourth-order valence-electron chi connectivity index (χ4n) is 1.76. The van der Waals surface area contributed by atoms with Gasteiger partial charge in [0.25, 0.3) is 0 Å². The zero-order valence-electron chi connectivity index (χ0n) is 8.91. The van der Waals surface area contributed by atoms with Gasteiger partial charge in [0.15, 0.2) is 0 Å². The highest BCUT2D eigenvalue weighted by atomic mass is 32.2. The van der Waals surface area contributed by atoms with Gasteiger partial charge in [-0.15, -0.1) is 0 Å². The van der Waals surface area contributed by atoms with Crippen molar-refractivity contribution < 1.29 is 8.42 Å². The lowest BCUT2D eigenvalue weighted by molar-refractivity contribution is 0.349. The first-order chi connectivity index (χ1) is 6.55. The average Bonchev–Trinajstić information content (AvgIpc) is 2.08. The van der Waals surface area contributed by atoms with E-state index in [9.17, 15) is 8.42 Å². The Morgan fingerprint density at radius 1 is 1.50 bits per heavy atom. The van der Waals surface area contributed by atoms with Crippen LogP contribution in [0.2, 0.25) is 0 Å². The summed E-state index contributed by atoms with van der Waals surface area (Å²) in [6.45, 7) is 4.90. The van der Waals surface area contributed by atoms with Crippen molar-refractivity contribution in [2.45, 2.75) is 45.2 Å². The number of piperidine rings is 1. The molecule has 0 spiro atoms. The Balaban J connectivity index is 2.49. The molecule has 1 saturated heterocycles. The molecule has 14 heavy (non-hydrogen) atoms. The van der Waals surface area contributed by atoms with E-state index in [1.165, 1.54) is 0 Å². The quantitative estimate of drug-likeness (QED) is 0.723. The van der Waals surface area contributed by atoms with Gasteiger partial charge in [0.05, 0.1) is 5.75 Å². The SMILES string of the molecule is CCCS(=O)(=O)NC1CCCNC1C. The van der Waals surface area contributed by atoms with E-state index in [0.717, 1.165) is 19.4 Å². The van der Waals surface area contributed by atoms with Crippen LogP contribution in [0.15, 0.2) is 0 Å². The largest absolute Gasteiger partial charge is 0.313 e. The maximum absolute atomic E-state index is 11.5. The van der Waals surface area contributed by atoms with Crippen LogP contribution in [0.4, 0.5) is 0 Å². The maximum atomic E-state index is 11.5. The molecule has 0 radical (unpaired) electrons. The first-order valence-corrected chi connectivity index (χ1v) is 6.94. The fourth-order valence-corrected chi connectivity index (χ4v) is 3.20. The Hall–Kier alpha value is -0.130. The van der Waals surface area contributed by atoms with Crippen molar-refractivity contribution in [1.29, 1.82) is 0 Å². The Morgan fingerprint density at radius 2 is 2.21 bits per heavy atom. The molecule has 0 aromatic rings. The maximum Gasteiger partial charge on any atom is 0.211 e. The van der Waals surface area contributed by atoms with Crippen molar-refractivity contribution in [1.82, 2.24) is 10.0 Å². The van der Waals surface area contributed by atoms with Crippen LogP contribution in [0.5, 0.6) is 0 Å². The molecule has 1 fully saturated rings. The molecule has 84 valence electrons. The molecule has 2 atom stereocenters. The van der Waals surface area contributed by atoms with Gasteiger partial charge < -0.3 is 5.32 Å². The predicted octanol–water partition coefficient (Wildman–Crippen LogP) is 0.456. The summed E-state index contributed by atoms with van der Waals surface area (Å²) in [5.74, 6) is 0.232. The highest BCUT2D eigenvalue weighted by Gasteiger charge is 2.24. The van der Waals surface area contributed by atoms with Crippen LogP contribution in [-0.4, -0.2) is 32.8 Å². The second kappa shape index (κ2) is 5.09. The van der Waals surface area contributed by atoms with E-state index in [2.05, 4.69) is 10.0 Å². The normalized spacial score (nSPS) is 29.0. The topological polar surface area (TPSA) is 58.2 Å². The molecule has 5 heteroatoms. The van der Waals surface area contributed by atoms with Crippen molar-refractivity contribution in [2.75, 3.05) is 12.3 Å². The minimum Gasteiger partial charge on any atom is -0.313 e. The molecule has 2 unspecified atom stereocenters. The summed E-state index contributed by atoms with van der Waals surface area (Å²) < 4.78 is 25.8. The van der Waals surface area contributed by atoms with E-state index >= 15 is 0 Å². The summed E-state index contributed by atoms with van der Waals surface area (Å²) >= 11 is 0. The van der Waals surface area contributed by atoms with E-state index in [1.807, 2.05) is 13.8 Å². The van der Waals surface area contributed by atoms with Crippen LogP contribution in [0, 0.1) is 0 Å². The lowest BCUT2D eigenvalue weighted by atomic mass is 10.0. The molecule has 0 saturated carbocycles. The van der Waals surface area contributed by atoms with Crippen molar-refractivity contribution in [3.63, 3.8) is 0 Å². The standard InChI is InChI=1S/C9H20N2O2S/c1-3-7-14(12,13)11-9-5-4-6-10-8(9)2/h8-11H,3-7H2,1-2H3. The minimum atomic E-state index is -3.05. The summed E-state index contributed by atoms with van der Waals surface area (Å²) in [4.78, 5) is 0. The number of nitrogens with one attached hydrogen (secondary N) is 2. The molecule has 0 amide bonds. The van der Waals surface area contributed by atoms with Crippen LogP contribution in [-0.2, 0) is 10.0 Å². The zero-order valence-corrected chi connectivity index (χ0v) is 9.73. The Labute approximate surface area is 86.5 Å². The monoisotopic (exact) mass is 220 g/mol. The highest BCUT2D eigenvalue weighted by Crippen LogP contribution is 2.09. The second-order valence-corrected chi connectivity index (χ2v) is 5.80. The lowest BCUT2D eigenvalue weighted by Gasteiger charge is -2.30. The van der Waals surface area contributed by atoms with Crippen LogP contribution in [0.1, 0.15) is 33.1 Å². The van der Waals surface area contributed by atoms with Gasteiger partial charge in [-0.1, -0.05) is 6.92 Å². The van der Waals surface area contributed by atoms with Gasteiger partial charge in [0.1, 0.15) is 0 Å². The van der Waals surface area contributed by atoms with Gasteiger partial charge in [-0.2, -0.15) is 0 Å². The summed E-state index contributed by atoms with van der Waals surface area (Å²) in [5.41, 5.74) is 0. The van der Waals surface area contributed by atoms with Crippen molar-refractivity contribution in [3.05, 3.63) is 0 Å². The third-order valence-electron chi connectivity index (χ3n) is 2.57. The number of hydrogen-bond donors (Lipinski definition) is 2. The number of hydrogen-bond acceptors (Lipinski definition) is 3. The van der Waals surface area contributed by atoms with E-state index in [1.54, 1.807) is 0 Å². The van der Waals surface area contributed by atoms with Gasteiger partial charge in [-0.25, -0.2) is 13.1 Å². The van der Waals surface area contributed by atoms with Gasteiger partial charge >= 0.3 is 0 Å². The molecule has 1 aliphatic heterocycles. The van der Waals surface area contributed by atoms with Gasteiger partial charge in [0, 0.05) is 12.1 Å². The summed E-state index contributed by atoms with van der Waals surface area (Å²) in [7, 11) is -3.05. The Kier molecular flexibility index (Phi) is 4.34. The van der Waals surface area contributed by atoms with E-state index in [4.69, 9.17) is 0 Å². The van der Waals surface area contributed by atoms with E-state index in [-0.39, 0.29) is 17.8 Å². The summed E-state index contributed by atoms with van der Waals surface area (Å²) in [6, 6.07) is 0.315. The Bertz CT molecular complexity index is 264. The zero-order chi connectivity index (χ0) is 10.6. The number of rotatable bonds is 4. The molecule has 1 heterocycles. The van der Waals surface area contributed by atoms with Crippen LogP contribution in [0.25, 0.3) is 0 Å². The predicted molar refractivity (Wildman–Crippen MR) is 57.7 cm³/mol. The summed E-state index contributed by atoms with van der Waals surface area (Å²) in [5, 5.41) is 3.27. The van der Waals surface area contributed by atoms with Crippen molar-refractivity contribution in [2.24, 2.45) is 0 Å². The van der Waals surface area contributed by atoms with Crippen LogP contribution < -0.4 is 10.0 Å². The van der Waals surface area contributed by atoms with Crippen molar-refractivity contribution >= 4 is 10.0 Å². The highest BCUT2D eigenvalue weighted by molar-refractivity contribution is 7.89. The van der Waals surface area contributed by atoms with Gasteiger partial charge in [-0.05, 0) is 32.7 Å². The average molecular weight is 220 g/mol. The molecular weight excluding hydrogens is 200 g/mol. The molecule has 0 bridgehead atoms. The van der Waals surface area contributed by atoms with E-state index < -0.39 is 10.0 Å². The Morgan fingerprint density at radius 3 is 2.79 bits per heavy atom. The molecule has 0 aliphatic carbocycles. The van der Waals surface area contributed by atoms with Gasteiger partial charge in [-0.3, -0.25) is 0 Å². The summed E-state index contributed by atoms with van der Waals surface area (Å²) in [6.07, 6.45) is 2.66. The molecule has 0 aromatic carbocycles. The smallest absolute Gasteiger partial charge is 0.211 e. The van der Waals surface area contributed by atoms with Crippen molar-refractivity contribution in [3.8, 4) is 0 Å².